The number of hydrogen-bond donors (Lipinski definition) is 1. The molecule has 0 unspecified atom stereocenters. The Morgan fingerprint density at radius 2 is 1.70 bits per heavy atom. The summed E-state index contributed by atoms with van der Waals surface area (Å²) in [5.41, 5.74) is 2.93. The van der Waals surface area contributed by atoms with Gasteiger partial charge in [0.15, 0.2) is 0 Å². The van der Waals surface area contributed by atoms with Gasteiger partial charge in [-0.25, -0.2) is 13.2 Å². The van der Waals surface area contributed by atoms with E-state index in [0.29, 0.717) is 16.9 Å². The SMILES string of the molecule is CCOC(=O)c1cccc(NC(=O)[C@H](CC)N(c2cc(C)cc(C)c2)S(C)(=O)=O)c1. The quantitative estimate of drug-likeness (QED) is 0.643. The molecule has 0 fully saturated rings. The summed E-state index contributed by atoms with van der Waals surface area (Å²) in [5.74, 6) is -0.975. The van der Waals surface area contributed by atoms with E-state index in [0.717, 1.165) is 21.7 Å². The van der Waals surface area contributed by atoms with Crippen LogP contribution in [-0.2, 0) is 19.6 Å². The van der Waals surface area contributed by atoms with E-state index in [1.165, 1.54) is 6.07 Å². The highest BCUT2D eigenvalue weighted by atomic mass is 32.2. The lowest BCUT2D eigenvalue weighted by Crippen LogP contribution is -2.47. The number of anilines is 2. The molecule has 0 saturated carbocycles. The molecule has 1 N–H and O–H groups in total. The van der Waals surface area contributed by atoms with Crippen molar-refractivity contribution in [1.29, 1.82) is 0 Å². The van der Waals surface area contributed by atoms with Crippen molar-refractivity contribution in [3.63, 3.8) is 0 Å². The molecule has 1 amide bonds. The normalized spacial score (nSPS) is 12.2. The van der Waals surface area contributed by atoms with Crippen molar-refractivity contribution in [2.75, 3.05) is 22.5 Å². The highest BCUT2D eigenvalue weighted by molar-refractivity contribution is 7.92. The van der Waals surface area contributed by atoms with Gasteiger partial charge in [-0.15, -0.1) is 0 Å². The minimum atomic E-state index is -3.73. The van der Waals surface area contributed by atoms with Crippen LogP contribution in [0.5, 0.6) is 0 Å². The largest absolute Gasteiger partial charge is 0.462 e. The summed E-state index contributed by atoms with van der Waals surface area (Å²) in [6.07, 6.45) is 1.35. The van der Waals surface area contributed by atoms with E-state index in [9.17, 15) is 18.0 Å². The van der Waals surface area contributed by atoms with E-state index in [4.69, 9.17) is 4.74 Å². The third-order valence-corrected chi connectivity index (χ3v) is 5.61. The first kappa shape index (κ1) is 23.4. The van der Waals surface area contributed by atoms with E-state index in [1.54, 1.807) is 44.2 Å². The van der Waals surface area contributed by atoms with E-state index in [-0.39, 0.29) is 13.0 Å². The summed E-state index contributed by atoms with van der Waals surface area (Å²) in [6.45, 7) is 7.45. The van der Waals surface area contributed by atoms with Crippen molar-refractivity contribution in [2.45, 2.75) is 40.2 Å². The molecule has 0 aliphatic heterocycles. The number of ether oxygens (including phenoxy) is 1. The van der Waals surface area contributed by atoms with E-state index in [2.05, 4.69) is 5.32 Å². The van der Waals surface area contributed by atoms with Crippen LogP contribution >= 0.6 is 0 Å². The smallest absolute Gasteiger partial charge is 0.338 e. The Morgan fingerprint density at radius 1 is 1.07 bits per heavy atom. The van der Waals surface area contributed by atoms with Crippen LogP contribution in [0.25, 0.3) is 0 Å². The molecule has 0 saturated heterocycles. The van der Waals surface area contributed by atoms with Crippen molar-refractivity contribution >= 4 is 33.3 Å². The second-order valence-corrected chi connectivity index (χ2v) is 8.98. The zero-order chi connectivity index (χ0) is 22.5. The molecule has 8 heteroatoms. The molecule has 0 bridgehead atoms. The summed E-state index contributed by atoms with van der Waals surface area (Å²) in [5, 5.41) is 2.73. The third kappa shape index (κ3) is 5.82. The standard InChI is InChI=1S/C22H28N2O5S/c1-6-20(24(30(5,27)28)19-12-15(3)11-16(4)13-19)21(25)23-18-10-8-9-17(14-18)22(26)29-7-2/h8-14,20H,6-7H2,1-5H3,(H,23,25)/t20-/m0/s1. The van der Waals surface area contributed by atoms with Crippen LogP contribution < -0.4 is 9.62 Å². The zero-order valence-corrected chi connectivity index (χ0v) is 18.7. The Hall–Kier alpha value is -2.87. The molecule has 0 radical (unpaired) electrons. The number of sulfonamides is 1. The van der Waals surface area contributed by atoms with Crippen LogP contribution in [-0.4, -0.2) is 39.2 Å². The second kappa shape index (κ2) is 9.75. The first-order chi connectivity index (χ1) is 14.1. The van der Waals surface area contributed by atoms with Gasteiger partial charge in [0.1, 0.15) is 6.04 Å². The first-order valence-electron chi connectivity index (χ1n) is 9.72. The van der Waals surface area contributed by atoms with Crippen molar-refractivity contribution < 1.29 is 22.7 Å². The fourth-order valence-electron chi connectivity index (χ4n) is 3.30. The zero-order valence-electron chi connectivity index (χ0n) is 17.9. The van der Waals surface area contributed by atoms with Crippen LogP contribution in [0.3, 0.4) is 0 Å². The van der Waals surface area contributed by atoms with E-state index in [1.807, 2.05) is 19.9 Å². The molecule has 30 heavy (non-hydrogen) atoms. The molecule has 0 aromatic heterocycles. The van der Waals surface area contributed by atoms with Gasteiger partial charge in [-0.1, -0.05) is 19.1 Å². The van der Waals surface area contributed by atoms with E-state index < -0.39 is 27.9 Å². The predicted octanol–water partition coefficient (Wildman–Crippen LogP) is 3.66. The number of rotatable bonds is 8. The second-order valence-electron chi connectivity index (χ2n) is 7.12. The van der Waals surface area contributed by atoms with Crippen molar-refractivity contribution in [3.05, 3.63) is 59.2 Å². The molecule has 0 aliphatic rings. The summed E-state index contributed by atoms with van der Waals surface area (Å²) in [7, 11) is -3.73. The average molecular weight is 433 g/mol. The highest BCUT2D eigenvalue weighted by Crippen LogP contribution is 2.26. The van der Waals surface area contributed by atoms with Crippen LogP contribution in [0.15, 0.2) is 42.5 Å². The molecule has 0 spiro atoms. The van der Waals surface area contributed by atoms with Gasteiger partial charge < -0.3 is 10.1 Å². The summed E-state index contributed by atoms with van der Waals surface area (Å²) in [6, 6.07) is 10.8. The molecule has 2 aromatic rings. The Kier molecular flexibility index (Phi) is 7.61. The Morgan fingerprint density at radius 3 is 2.23 bits per heavy atom. The van der Waals surface area contributed by atoms with Gasteiger partial charge in [0.05, 0.1) is 24.1 Å². The van der Waals surface area contributed by atoms with Crippen molar-refractivity contribution in [1.82, 2.24) is 0 Å². The number of amides is 1. The fourth-order valence-corrected chi connectivity index (χ4v) is 4.50. The number of carbonyl (C=O) groups is 2. The number of esters is 1. The summed E-state index contributed by atoms with van der Waals surface area (Å²) in [4.78, 5) is 25.0. The number of hydrogen-bond acceptors (Lipinski definition) is 5. The number of nitrogens with one attached hydrogen (secondary N) is 1. The van der Waals surface area contributed by atoms with Crippen LogP contribution in [0.1, 0.15) is 41.8 Å². The van der Waals surface area contributed by atoms with Gasteiger partial charge in [0.25, 0.3) is 0 Å². The lowest BCUT2D eigenvalue weighted by Gasteiger charge is -2.30. The summed E-state index contributed by atoms with van der Waals surface area (Å²) < 4.78 is 31.4. The molecular weight excluding hydrogens is 404 g/mol. The number of nitrogens with zero attached hydrogens (tertiary/aromatic N) is 1. The number of carbonyl (C=O) groups excluding carboxylic acids is 2. The lowest BCUT2D eigenvalue weighted by molar-refractivity contribution is -0.117. The minimum absolute atomic E-state index is 0.243. The molecule has 1 atom stereocenters. The maximum atomic E-state index is 13.0. The highest BCUT2D eigenvalue weighted by Gasteiger charge is 2.32. The minimum Gasteiger partial charge on any atom is -0.462 e. The molecule has 162 valence electrons. The maximum Gasteiger partial charge on any atom is 0.338 e. The van der Waals surface area contributed by atoms with Gasteiger partial charge in [0.2, 0.25) is 15.9 Å². The molecular formula is C22H28N2O5S. The van der Waals surface area contributed by atoms with Gasteiger partial charge in [-0.05, 0) is 68.7 Å². The van der Waals surface area contributed by atoms with Crippen molar-refractivity contribution in [3.8, 4) is 0 Å². The van der Waals surface area contributed by atoms with Gasteiger partial charge >= 0.3 is 5.97 Å². The van der Waals surface area contributed by atoms with E-state index >= 15 is 0 Å². The third-order valence-electron chi connectivity index (χ3n) is 4.43. The number of benzene rings is 2. The topological polar surface area (TPSA) is 92.8 Å². The Labute approximate surface area is 178 Å². The monoisotopic (exact) mass is 432 g/mol. The molecule has 0 heterocycles. The Balaban J connectivity index is 2.37. The predicted molar refractivity (Wildman–Crippen MR) is 118 cm³/mol. The van der Waals surface area contributed by atoms with Gasteiger partial charge in [-0.3, -0.25) is 9.10 Å². The first-order valence-corrected chi connectivity index (χ1v) is 11.6. The van der Waals surface area contributed by atoms with Gasteiger partial charge in [0, 0.05) is 5.69 Å². The maximum absolute atomic E-state index is 13.0. The number of aryl methyl sites for hydroxylation is 2. The summed E-state index contributed by atoms with van der Waals surface area (Å²) >= 11 is 0. The Bertz CT molecular complexity index is 1010. The van der Waals surface area contributed by atoms with Crippen LogP contribution in [0.2, 0.25) is 0 Å². The molecule has 0 aliphatic carbocycles. The van der Waals surface area contributed by atoms with Crippen LogP contribution in [0, 0.1) is 13.8 Å². The van der Waals surface area contributed by atoms with Gasteiger partial charge in [-0.2, -0.15) is 0 Å². The lowest BCUT2D eigenvalue weighted by atomic mass is 10.1. The molecule has 2 rings (SSSR count). The van der Waals surface area contributed by atoms with Crippen molar-refractivity contribution in [2.24, 2.45) is 0 Å². The van der Waals surface area contributed by atoms with Crippen LogP contribution in [0.4, 0.5) is 11.4 Å². The molecule has 7 nitrogen and oxygen atoms in total. The molecule has 2 aromatic carbocycles. The fraction of sp³-hybridized carbons (Fsp3) is 0.364. The average Bonchev–Trinajstić information content (AvgIpc) is 2.64.